The molecule has 4 aromatic rings. The van der Waals surface area contributed by atoms with Crippen molar-refractivity contribution in [2.24, 2.45) is 0 Å². The first-order valence-corrected chi connectivity index (χ1v) is 11.5. The van der Waals surface area contributed by atoms with Crippen LogP contribution in [0.4, 0.5) is 10.2 Å². The van der Waals surface area contributed by atoms with Gasteiger partial charge in [0.25, 0.3) is 0 Å². The number of nitriles is 1. The highest BCUT2D eigenvalue weighted by Gasteiger charge is 2.20. The molecule has 188 valence electrons. The van der Waals surface area contributed by atoms with Crippen LogP contribution in [0.15, 0.2) is 36.7 Å². The van der Waals surface area contributed by atoms with Crippen molar-refractivity contribution in [1.82, 2.24) is 40.1 Å². The second-order valence-electron chi connectivity index (χ2n) is 8.62. The molecule has 4 heterocycles. The molecule has 37 heavy (non-hydrogen) atoms. The minimum absolute atomic E-state index is 0.0343. The largest absolute Gasteiger partial charge is 0.381 e. The number of nitrogens with zero attached hydrogens (tertiary/aromatic N) is 8. The molecule has 1 aliphatic rings. The maximum atomic E-state index is 14.9. The molecule has 12 nitrogen and oxygen atoms in total. The summed E-state index contributed by atoms with van der Waals surface area (Å²) in [5.41, 5.74) is 8.23. The third-order valence-electron chi connectivity index (χ3n) is 5.97. The fraction of sp³-hybridized carbons (Fsp3) is 0.292. The second-order valence-corrected chi connectivity index (χ2v) is 8.62. The number of amides is 1. The maximum Gasteiger partial charge on any atom is 0.242 e. The number of benzene rings is 1. The minimum atomic E-state index is -0.812. The molecular weight excluding hydrogens is 479 g/mol. The van der Waals surface area contributed by atoms with Gasteiger partial charge in [0.1, 0.15) is 17.9 Å². The Labute approximate surface area is 210 Å². The van der Waals surface area contributed by atoms with Crippen molar-refractivity contribution in [3.63, 3.8) is 0 Å². The van der Waals surface area contributed by atoms with E-state index < -0.39 is 5.82 Å². The number of hydrogen-bond donors (Lipinski definition) is 2. The van der Waals surface area contributed by atoms with Crippen LogP contribution in [0.5, 0.6) is 0 Å². The van der Waals surface area contributed by atoms with Gasteiger partial charge in [-0.15, -0.1) is 5.10 Å². The van der Waals surface area contributed by atoms with Crippen LogP contribution in [0.1, 0.15) is 23.2 Å². The van der Waals surface area contributed by atoms with Gasteiger partial charge in [0.15, 0.2) is 17.5 Å². The average molecular weight is 503 g/mol. The Morgan fingerprint density at radius 1 is 1.32 bits per heavy atom. The molecule has 3 N–H and O–H groups in total. The van der Waals surface area contributed by atoms with Crippen LogP contribution in [0.2, 0.25) is 0 Å². The number of anilines is 1. The summed E-state index contributed by atoms with van der Waals surface area (Å²) in [6.45, 7) is 3.27. The molecule has 1 aliphatic heterocycles. The van der Waals surface area contributed by atoms with Gasteiger partial charge in [-0.05, 0) is 31.0 Å². The quantitative estimate of drug-likeness (QED) is 0.381. The van der Waals surface area contributed by atoms with Gasteiger partial charge in [-0.2, -0.15) is 10.4 Å². The summed E-state index contributed by atoms with van der Waals surface area (Å²) in [6.07, 6.45) is 4.03. The molecule has 0 saturated carbocycles. The SMILES string of the molecule is Cc1c(C#N)cccc1-c1nc(N)c(F)c(-c2cn(Cc3ccn(CC(=O)NC4CCOC4)n3)nn2)n1. The van der Waals surface area contributed by atoms with Gasteiger partial charge in [0.05, 0.1) is 42.7 Å². The fourth-order valence-corrected chi connectivity index (χ4v) is 4.05. The standard InChI is InChI=1S/C24H23FN10O2/c1-14-15(9-26)3-2-4-18(14)24-29-22(21(25)23(27)30-24)19-11-35(33-31-19)10-16-5-7-34(32-16)12-20(36)28-17-6-8-37-13-17/h2-5,7,11,17H,6,8,10,12-13H2,1H3,(H,28,36)(H2,27,29,30). The Balaban J connectivity index is 1.32. The van der Waals surface area contributed by atoms with E-state index in [0.717, 1.165) is 6.42 Å². The highest BCUT2D eigenvalue weighted by molar-refractivity contribution is 5.76. The Hall–Kier alpha value is -4.70. The minimum Gasteiger partial charge on any atom is -0.381 e. The van der Waals surface area contributed by atoms with Crippen molar-refractivity contribution < 1.29 is 13.9 Å². The number of hydrogen-bond acceptors (Lipinski definition) is 9. The molecule has 0 bridgehead atoms. The van der Waals surface area contributed by atoms with E-state index in [0.29, 0.717) is 35.6 Å². The zero-order valence-electron chi connectivity index (χ0n) is 19.9. The molecule has 1 saturated heterocycles. The van der Waals surface area contributed by atoms with Crippen molar-refractivity contribution in [2.75, 3.05) is 18.9 Å². The molecule has 13 heteroatoms. The normalized spacial score (nSPS) is 15.0. The van der Waals surface area contributed by atoms with Crippen molar-refractivity contribution in [3.05, 3.63) is 59.3 Å². The first kappa shape index (κ1) is 24.0. The lowest BCUT2D eigenvalue weighted by molar-refractivity contribution is -0.122. The highest BCUT2D eigenvalue weighted by atomic mass is 19.1. The third-order valence-corrected chi connectivity index (χ3v) is 5.97. The van der Waals surface area contributed by atoms with Crippen molar-refractivity contribution in [3.8, 4) is 28.8 Å². The molecule has 0 spiro atoms. The summed E-state index contributed by atoms with van der Waals surface area (Å²) in [6, 6.07) is 9.02. The lowest BCUT2D eigenvalue weighted by Crippen LogP contribution is -2.37. The Morgan fingerprint density at radius 2 is 2.19 bits per heavy atom. The Morgan fingerprint density at radius 3 is 2.97 bits per heavy atom. The predicted molar refractivity (Wildman–Crippen MR) is 129 cm³/mol. The van der Waals surface area contributed by atoms with Crippen LogP contribution in [-0.4, -0.2) is 59.9 Å². The number of carbonyl (C=O) groups is 1. The number of rotatable bonds is 7. The number of nitrogens with one attached hydrogen (secondary N) is 1. The smallest absolute Gasteiger partial charge is 0.242 e. The number of halogens is 1. The first-order valence-electron chi connectivity index (χ1n) is 11.5. The number of carbonyl (C=O) groups excluding carboxylic acids is 1. The molecule has 5 rings (SSSR count). The topological polar surface area (TPSA) is 162 Å². The zero-order valence-corrected chi connectivity index (χ0v) is 19.9. The second kappa shape index (κ2) is 10.1. The van der Waals surface area contributed by atoms with Crippen LogP contribution in [0, 0.1) is 24.1 Å². The van der Waals surface area contributed by atoms with E-state index in [2.05, 4.69) is 36.8 Å². The summed E-state index contributed by atoms with van der Waals surface area (Å²) in [5.74, 6) is -1.11. The van der Waals surface area contributed by atoms with Gasteiger partial charge < -0.3 is 15.8 Å². The highest BCUT2D eigenvalue weighted by Crippen LogP contribution is 2.28. The van der Waals surface area contributed by atoms with Gasteiger partial charge >= 0.3 is 0 Å². The van der Waals surface area contributed by atoms with Crippen molar-refractivity contribution in [2.45, 2.75) is 32.5 Å². The Kier molecular flexibility index (Phi) is 6.57. The van der Waals surface area contributed by atoms with E-state index in [9.17, 15) is 14.4 Å². The van der Waals surface area contributed by atoms with E-state index in [1.807, 2.05) is 0 Å². The molecule has 0 aliphatic carbocycles. The van der Waals surface area contributed by atoms with Gasteiger partial charge in [0, 0.05) is 18.4 Å². The van der Waals surface area contributed by atoms with E-state index in [1.54, 1.807) is 37.4 Å². The van der Waals surface area contributed by atoms with Crippen molar-refractivity contribution in [1.29, 1.82) is 5.26 Å². The van der Waals surface area contributed by atoms with Gasteiger partial charge in [-0.25, -0.2) is 19.0 Å². The molecule has 1 atom stereocenters. The number of ether oxygens (including phenoxy) is 1. The lowest BCUT2D eigenvalue weighted by atomic mass is 10.0. The van der Waals surface area contributed by atoms with Crippen LogP contribution in [0.25, 0.3) is 22.8 Å². The molecule has 0 radical (unpaired) electrons. The summed E-state index contributed by atoms with van der Waals surface area (Å²) in [7, 11) is 0. The molecule has 1 amide bonds. The first-order chi connectivity index (χ1) is 17.9. The monoisotopic (exact) mass is 502 g/mol. The zero-order chi connectivity index (χ0) is 25.9. The van der Waals surface area contributed by atoms with Crippen LogP contribution >= 0.6 is 0 Å². The van der Waals surface area contributed by atoms with Gasteiger partial charge in [0.2, 0.25) is 5.91 Å². The summed E-state index contributed by atoms with van der Waals surface area (Å²) in [4.78, 5) is 20.6. The van der Waals surface area contributed by atoms with Crippen LogP contribution in [-0.2, 0) is 22.6 Å². The maximum absolute atomic E-state index is 14.9. The molecule has 1 fully saturated rings. The number of nitrogen functional groups attached to an aromatic ring is 1. The van der Waals surface area contributed by atoms with E-state index in [1.165, 1.54) is 15.6 Å². The fourth-order valence-electron chi connectivity index (χ4n) is 4.05. The van der Waals surface area contributed by atoms with Gasteiger partial charge in [-0.1, -0.05) is 17.3 Å². The Bertz CT molecular complexity index is 1500. The van der Waals surface area contributed by atoms with Crippen LogP contribution < -0.4 is 11.1 Å². The number of aromatic nitrogens is 7. The molecule has 1 aromatic carbocycles. The van der Waals surface area contributed by atoms with E-state index in [-0.39, 0.29) is 48.1 Å². The molecular formula is C24H23FN10O2. The van der Waals surface area contributed by atoms with E-state index in [4.69, 9.17) is 10.5 Å². The average Bonchev–Trinajstić information content (AvgIpc) is 3.65. The van der Waals surface area contributed by atoms with Crippen LogP contribution in [0.3, 0.4) is 0 Å². The van der Waals surface area contributed by atoms with Crippen molar-refractivity contribution >= 4 is 11.7 Å². The summed E-state index contributed by atoms with van der Waals surface area (Å²) >= 11 is 0. The molecule has 3 aromatic heterocycles. The van der Waals surface area contributed by atoms with E-state index >= 15 is 0 Å². The lowest BCUT2D eigenvalue weighted by Gasteiger charge is -2.10. The molecule has 1 unspecified atom stereocenters. The summed E-state index contributed by atoms with van der Waals surface area (Å²) < 4.78 is 23.2. The third kappa shape index (κ3) is 5.14. The predicted octanol–water partition coefficient (Wildman–Crippen LogP) is 1.45. The number of nitrogens with two attached hydrogens (primary N) is 1. The van der Waals surface area contributed by atoms with Gasteiger partial charge in [-0.3, -0.25) is 9.48 Å². The summed E-state index contributed by atoms with van der Waals surface area (Å²) in [5, 5.41) is 24.8.